The number of aldehydes is 1. The summed E-state index contributed by atoms with van der Waals surface area (Å²) in [5.74, 6) is -0.840. The van der Waals surface area contributed by atoms with Crippen LogP contribution in [0.4, 0.5) is 0 Å². The predicted octanol–water partition coefficient (Wildman–Crippen LogP) is 1.37. The van der Waals surface area contributed by atoms with Crippen LogP contribution in [0.15, 0.2) is 36.8 Å². The van der Waals surface area contributed by atoms with Crippen molar-refractivity contribution in [2.24, 2.45) is 0 Å². The number of hydrogen-bond acceptors (Lipinski definition) is 3. The van der Waals surface area contributed by atoms with Crippen molar-refractivity contribution in [2.45, 2.75) is 13.0 Å². The maximum absolute atomic E-state index is 10.5. The standard InChI is InChI=1S/C13H12N2O3/c16-8-12-7-15(9-14-12)6-11-3-1-10(2-4-11)5-13(17)18/h1-4,7-9H,5-6H2,(H,17,18). The molecule has 1 N–H and O–H groups in total. The van der Waals surface area contributed by atoms with Crippen molar-refractivity contribution in [1.29, 1.82) is 0 Å². The van der Waals surface area contributed by atoms with Gasteiger partial charge in [0.15, 0.2) is 6.29 Å². The average molecular weight is 244 g/mol. The maximum Gasteiger partial charge on any atom is 0.307 e. The fourth-order valence-electron chi connectivity index (χ4n) is 1.67. The van der Waals surface area contributed by atoms with Crippen LogP contribution < -0.4 is 0 Å². The van der Waals surface area contributed by atoms with Gasteiger partial charge in [0.2, 0.25) is 0 Å². The largest absolute Gasteiger partial charge is 0.481 e. The number of carboxylic acids is 1. The van der Waals surface area contributed by atoms with Crippen LogP contribution in [0.3, 0.4) is 0 Å². The number of nitrogens with zero attached hydrogens (tertiary/aromatic N) is 2. The molecule has 0 saturated heterocycles. The number of carboxylic acid groups (broad SMARTS) is 1. The lowest BCUT2D eigenvalue weighted by atomic mass is 10.1. The zero-order valence-corrected chi connectivity index (χ0v) is 9.61. The molecule has 0 bridgehead atoms. The lowest BCUT2D eigenvalue weighted by Crippen LogP contribution is -2.01. The van der Waals surface area contributed by atoms with Crippen LogP contribution in [0.1, 0.15) is 21.6 Å². The molecule has 18 heavy (non-hydrogen) atoms. The predicted molar refractivity (Wildman–Crippen MR) is 64.5 cm³/mol. The van der Waals surface area contributed by atoms with Crippen LogP contribution in [-0.2, 0) is 17.8 Å². The van der Waals surface area contributed by atoms with Crippen molar-refractivity contribution in [1.82, 2.24) is 9.55 Å². The molecule has 0 aliphatic rings. The van der Waals surface area contributed by atoms with E-state index in [-0.39, 0.29) is 6.42 Å². The molecule has 2 rings (SSSR count). The molecule has 1 heterocycles. The first-order valence-corrected chi connectivity index (χ1v) is 5.44. The molecule has 0 atom stereocenters. The zero-order chi connectivity index (χ0) is 13.0. The second kappa shape index (κ2) is 5.27. The van der Waals surface area contributed by atoms with Gasteiger partial charge in [0.05, 0.1) is 12.7 Å². The summed E-state index contributed by atoms with van der Waals surface area (Å²) in [5.41, 5.74) is 2.20. The summed E-state index contributed by atoms with van der Waals surface area (Å²) in [5, 5.41) is 8.66. The highest BCUT2D eigenvalue weighted by Crippen LogP contribution is 2.07. The van der Waals surface area contributed by atoms with E-state index in [1.165, 1.54) is 0 Å². The highest BCUT2D eigenvalue weighted by atomic mass is 16.4. The molecule has 0 spiro atoms. The fourth-order valence-corrected chi connectivity index (χ4v) is 1.67. The first-order chi connectivity index (χ1) is 8.67. The number of imidazole rings is 1. The van der Waals surface area contributed by atoms with Gasteiger partial charge in [-0.3, -0.25) is 9.59 Å². The molecular weight excluding hydrogens is 232 g/mol. The molecule has 0 unspecified atom stereocenters. The van der Waals surface area contributed by atoms with Crippen molar-refractivity contribution in [3.05, 3.63) is 53.6 Å². The minimum Gasteiger partial charge on any atom is -0.481 e. The minimum atomic E-state index is -0.840. The van der Waals surface area contributed by atoms with Gasteiger partial charge in [0.1, 0.15) is 5.69 Å². The molecule has 5 nitrogen and oxygen atoms in total. The van der Waals surface area contributed by atoms with Crippen LogP contribution in [-0.4, -0.2) is 26.9 Å². The van der Waals surface area contributed by atoms with Gasteiger partial charge in [-0.05, 0) is 11.1 Å². The molecule has 0 saturated carbocycles. The summed E-state index contributed by atoms with van der Waals surface area (Å²) in [6.07, 6.45) is 3.99. The molecule has 2 aromatic rings. The normalized spacial score (nSPS) is 10.2. The van der Waals surface area contributed by atoms with E-state index >= 15 is 0 Å². The summed E-state index contributed by atoms with van der Waals surface area (Å²) in [7, 11) is 0. The number of aliphatic carboxylic acids is 1. The van der Waals surface area contributed by atoms with Crippen LogP contribution in [0.25, 0.3) is 0 Å². The third kappa shape index (κ3) is 3.04. The van der Waals surface area contributed by atoms with Crippen molar-refractivity contribution < 1.29 is 14.7 Å². The molecule has 0 fully saturated rings. The second-order valence-corrected chi connectivity index (χ2v) is 3.98. The van der Waals surface area contributed by atoms with Crippen molar-refractivity contribution in [2.75, 3.05) is 0 Å². The van der Waals surface area contributed by atoms with Crippen LogP contribution in [0.2, 0.25) is 0 Å². The quantitative estimate of drug-likeness (QED) is 0.806. The molecule has 0 aliphatic heterocycles. The summed E-state index contributed by atoms with van der Waals surface area (Å²) < 4.78 is 1.80. The fraction of sp³-hybridized carbons (Fsp3) is 0.154. The highest BCUT2D eigenvalue weighted by Gasteiger charge is 2.01. The number of hydrogen-bond donors (Lipinski definition) is 1. The molecule has 0 amide bonds. The molecular formula is C13H12N2O3. The van der Waals surface area contributed by atoms with E-state index in [2.05, 4.69) is 4.98 Å². The van der Waals surface area contributed by atoms with Gasteiger partial charge in [-0.2, -0.15) is 0 Å². The number of carbonyl (C=O) groups excluding carboxylic acids is 1. The Morgan fingerprint density at radius 2 is 1.94 bits per heavy atom. The Morgan fingerprint density at radius 1 is 1.28 bits per heavy atom. The summed E-state index contributed by atoms with van der Waals surface area (Å²) in [6.45, 7) is 0.605. The van der Waals surface area contributed by atoms with E-state index in [0.717, 1.165) is 11.1 Å². The van der Waals surface area contributed by atoms with E-state index in [4.69, 9.17) is 5.11 Å². The van der Waals surface area contributed by atoms with E-state index in [0.29, 0.717) is 18.5 Å². The summed E-state index contributed by atoms with van der Waals surface area (Å²) in [4.78, 5) is 24.9. The van der Waals surface area contributed by atoms with Gasteiger partial charge < -0.3 is 9.67 Å². The highest BCUT2D eigenvalue weighted by molar-refractivity contribution is 5.71. The van der Waals surface area contributed by atoms with Gasteiger partial charge in [-0.15, -0.1) is 0 Å². The SMILES string of the molecule is O=Cc1cn(Cc2ccc(CC(=O)O)cc2)cn1. The number of aromatic nitrogens is 2. The Labute approximate surface area is 104 Å². The second-order valence-electron chi connectivity index (χ2n) is 3.98. The van der Waals surface area contributed by atoms with Crippen LogP contribution in [0.5, 0.6) is 0 Å². The van der Waals surface area contributed by atoms with Crippen molar-refractivity contribution >= 4 is 12.3 Å². The zero-order valence-electron chi connectivity index (χ0n) is 9.61. The van der Waals surface area contributed by atoms with E-state index in [1.807, 2.05) is 12.1 Å². The Bertz CT molecular complexity index is 558. The monoisotopic (exact) mass is 244 g/mol. The molecule has 1 aromatic carbocycles. The van der Waals surface area contributed by atoms with Crippen molar-refractivity contribution in [3.63, 3.8) is 0 Å². The maximum atomic E-state index is 10.5. The minimum absolute atomic E-state index is 0.0284. The Kier molecular flexibility index (Phi) is 3.52. The lowest BCUT2D eigenvalue weighted by molar-refractivity contribution is -0.136. The first-order valence-electron chi connectivity index (χ1n) is 5.44. The van der Waals surface area contributed by atoms with Crippen LogP contribution >= 0.6 is 0 Å². The van der Waals surface area contributed by atoms with Gasteiger partial charge >= 0.3 is 5.97 Å². The summed E-state index contributed by atoms with van der Waals surface area (Å²) >= 11 is 0. The number of rotatable bonds is 5. The van der Waals surface area contributed by atoms with Gasteiger partial charge in [0.25, 0.3) is 0 Å². The Balaban J connectivity index is 2.05. The third-order valence-electron chi connectivity index (χ3n) is 2.52. The van der Waals surface area contributed by atoms with Gasteiger partial charge in [-0.25, -0.2) is 4.98 Å². The van der Waals surface area contributed by atoms with Gasteiger partial charge in [-0.1, -0.05) is 24.3 Å². The van der Waals surface area contributed by atoms with Crippen molar-refractivity contribution in [3.8, 4) is 0 Å². The third-order valence-corrected chi connectivity index (χ3v) is 2.52. The van der Waals surface area contributed by atoms with E-state index < -0.39 is 5.97 Å². The Morgan fingerprint density at radius 3 is 2.50 bits per heavy atom. The average Bonchev–Trinajstić information content (AvgIpc) is 2.79. The smallest absolute Gasteiger partial charge is 0.307 e. The van der Waals surface area contributed by atoms with Crippen LogP contribution in [0, 0.1) is 0 Å². The van der Waals surface area contributed by atoms with Gasteiger partial charge in [0, 0.05) is 12.7 Å². The lowest BCUT2D eigenvalue weighted by Gasteiger charge is -2.03. The molecule has 92 valence electrons. The molecule has 0 radical (unpaired) electrons. The Hall–Kier alpha value is -2.43. The number of benzene rings is 1. The topological polar surface area (TPSA) is 72.2 Å². The molecule has 0 aliphatic carbocycles. The summed E-state index contributed by atoms with van der Waals surface area (Å²) in [6, 6.07) is 7.33. The molecule has 1 aromatic heterocycles. The van der Waals surface area contributed by atoms with E-state index in [9.17, 15) is 9.59 Å². The number of carbonyl (C=O) groups is 2. The first kappa shape index (κ1) is 12.0. The van der Waals surface area contributed by atoms with E-state index in [1.54, 1.807) is 29.2 Å². The molecule has 5 heteroatoms.